The molecule has 2 N–H and O–H groups in total. The average molecular weight is 519 g/mol. The van der Waals surface area contributed by atoms with Crippen LogP contribution in [0.4, 0.5) is 0 Å². The highest BCUT2D eigenvalue weighted by Crippen LogP contribution is 2.14. The first-order chi connectivity index (χ1) is 13.7. The van der Waals surface area contributed by atoms with E-state index < -0.39 is 0 Å². The number of aliphatic imine (C=N–C) groups is 1. The van der Waals surface area contributed by atoms with Gasteiger partial charge in [-0.1, -0.05) is 0 Å². The Balaban J connectivity index is 0.00000420. The van der Waals surface area contributed by atoms with Crippen molar-refractivity contribution >= 4 is 29.9 Å². The van der Waals surface area contributed by atoms with Gasteiger partial charge in [0, 0.05) is 38.1 Å². The van der Waals surface area contributed by atoms with Gasteiger partial charge in [0.05, 0.1) is 31.7 Å². The van der Waals surface area contributed by atoms with E-state index in [2.05, 4.69) is 29.6 Å². The first-order valence-corrected chi connectivity index (χ1v) is 9.79. The van der Waals surface area contributed by atoms with Crippen LogP contribution in [0.3, 0.4) is 0 Å². The van der Waals surface area contributed by atoms with Gasteiger partial charge in [-0.3, -0.25) is 4.68 Å². The first-order valence-electron chi connectivity index (χ1n) is 9.79. The van der Waals surface area contributed by atoms with Gasteiger partial charge >= 0.3 is 0 Å². The first kappa shape index (κ1) is 25.4. The van der Waals surface area contributed by atoms with Crippen molar-refractivity contribution in [1.82, 2.24) is 20.4 Å². The van der Waals surface area contributed by atoms with E-state index in [-0.39, 0.29) is 24.0 Å². The van der Waals surface area contributed by atoms with Crippen molar-refractivity contribution in [2.24, 2.45) is 4.99 Å². The van der Waals surface area contributed by atoms with Crippen molar-refractivity contribution in [2.45, 2.75) is 46.9 Å². The van der Waals surface area contributed by atoms with E-state index >= 15 is 0 Å². The van der Waals surface area contributed by atoms with Gasteiger partial charge in [-0.15, -0.1) is 24.0 Å². The molecule has 0 unspecified atom stereocenters. The molecule has 0 bridgehead atoms. The summed E-state index contributed by atoms with van der Waals surface area (Å²) < 4.78 is 18.0. The Morgan fingerprint density at radius 1 is 1.28 bits per heavy atom. The predicted molar refractivity (Wildman–Crippen MR) is 125 cm³/mol. The van der Waals surface area contributed by atoms with Gasteiger partial charge in [0.25, 0.3) is 0 Å². The van der Waals surface area contributed by atoms with Crippen LogP contribution in [-0.4, -0.2) is 49.2 Å². The number of furan rings is 1. The zero-order valence-electron chi connectivity index (χ0n) is 17.9. The molecule has 164 valence electrons. The summed E-state index contributed by atoms with van der Waals surface area (Å²) in [5.41, 5.74) is 3.31. The number of aromatic nitrogens is 2. The minimum atomic E-state index is 0. The smallest absolute Gasteiger partial charge is 0.191 e. The Morgan fingerprint density at radius 2 is 2.10 bits per heavy atom. The maximum absolute atomic E-state index is 5.60. The summed E-state index contributed by atoms with van der Waals surface area (Å²) in [6.45, 7) is 10.9. The molecule has 0 aromatic carbocycles. The van der Waals surface area contributed by atoms with Crippen LogP contribution < -0.4 is 10.6 Å². The van der Waals surface area contributed by atoms with Crippen molar-refractivity contribution < 1.29 is 13.9 Å². The Bertz CT molecular complexity index is 716. The van der Waals surface area contributed by atoms with E-state index in [0.717, 1.165) is 54.7 Å². The fraction of sp³-hybridized carbons (Fsp3) is 0.600. The predicted octanol–water partition coefficient (Wildman–Crippen LogP) is 3.02. The van der Waals surface area contributed by atoms with E-state index in [9.17, 15) is 0 Å². The van der Waals surface area contributed by atoms with E-state index in [1.54, 1.807) is 13.4 Å². The quantitative estimate of drug-likeness (QED) is 0.194. The minimum Gasteiger partial charge on any atom is -0.467 e. The molecule has 2 heterocycles. The Morgan fingerprint density at radius 3 is 2.79 bits per heavy atom. The van der Waals surface area contributed by atoms with Gasteiger partial charge in [-0.2, -0.15) is 5.10 Å². The number of ether oxygens (including phenoxy) is 2. The molecule has 0 aliphatic carbocycles. The van der Waals surface area contributed by atoms with Gasteiger partial charge in [0.2, 0.25) is 0 Å². The van der Waals surface area contributed by atoms with Gasteiger partial charge in [0.1, 0.15) is 12.4 Å². The summed E-state index contributed by atoms with van der Waals surface area (Å²) in [4.78, 5) is 4.71. The van der Waals surface area contributed by atoms with Crippen molar-refractivity contribution in [2.75, 3.05) is 33.4 Å². The summed E-state index contributed by atoms with van der Waals surface area (Å²) in [7, 11) is 1.70. The fourth-order valence-electron chi connectivity index (χ4n) is 2.81. The van der Waals surface area contributed by atoms with Crippen molar-refractivity contribution in [3.63, 3.8) is 0 Å². The normalized spacial score (nSPS) is 11.4. The molecule has 0 spiro atoms. The zero-order valence-corrected chi connectivity index (χ0v) is 20.2. The fourth-order valence-corrected chi connectivity index (χ4v) is 2.81. The molecule has 8 nitrogen and oxygen atoms in total. The summed E-state index contributed by atoms with van der Waals surface area (Å²) >= 11 is 0. The van der Waals surface area contributed by atoms with Crippen molar-refractivity contribution in [1.29, 1.82) is 0 Å². The molecular weight excluding hydrogens is 485 g/mol. The van der Waals surface area contributed by atoms with Crippen LogP contribution in [0.15, 0.2) is 27.8 Å². The second kappa shape index (κ2) is 14.4. The molecule has 29 heavy (non-hydrogen) atoms. The van der Waals surface area contributed by atoms with E-state index in [0.29, 0.717) is 26.4 Å². The molecule has 0 aliphatic rings. The maximum Gasteiger partial charge on any atom is 0.191 e. The molecule has 0 aliphatic heterocycles. The summed E-state index contributed by atoms with van der Waals surface area (Å²) in [5.74, 6) is 1.65. The summed E-state index contributed by atoms with van der Waals surface area (Å²) in [6.07, 6.45) is 2.54. The average Bonchev–Trinajstić information content (AvgIpc) is 3.29. The molecule has 0 saturated carbocycles. The molecule has 0 radical (unpaired) electrons. The Labute approximate surface area is 190 Å². The number of aryl methyl sites for hydroxylation is 1. The van der Waals surface area contributed by atoms with Crippen LogP contribution in [0, 0.1) is 13.8 Å². The van der Waals surface area contributed by atoms with E-state index in [4.69, 9.17) is 18.9 Å². The molecule has 0 atom stereocenters. The number of hydrogen-bond donors (Lipinski definition) is 2. The minimum absolute atomic E-state index is 0. The summed E-state index contributed by atoms with van der Waals surface area (Å²) in [6, 6.07) is 3.78. The lowest BCUT2D eigenvalue weighted by Gasteiger charge is -2.11. The van der Waals surface area contributed by atoms with Crippen LogP contribution in [0.25, 0.3) is 0 Å². The Kier molecular flexibility index (Phi) is 12.6. The number of methoxy groups -OCH3 is 1. The highest BCUT2D eigenvalue weighted by molar-refractivity contribution is 14.0. The van der Waals surface area contributed by atoms with Crippen molar-refractivity contribution in [3.05, 3.63) is 41.1 Å². The number of guanidine groups is 1. The van der Waals surface area contributed by atoms with Crippen LogP contribution in [0.2, 0.25) is 0 Å². The van der Waals surface area contributed by atoms with Gasteiger partial charge in [-0.25, -0.2) is 4.99 Å². The number of halogens is 1. The Hall–Kier alpha value is -1.59. The number of rotatable bonds is 12. The second-order valence-electron chi connectivity index (χ2n) is 6.47. The highest BCUT2D eigenvalue weighted by Gasteiger charge is 2.11. The molecule has 0 saturated heterocycles. The van der Waals surface area contributed by atoms with Crippen LogP contribution in [0.5, 0.6) is 0 Å². The number of nitrogens with one attached hydrogen (secondary N) is 2. The van der Waals surface area contributed by atoms with Crippen LogP contribution in [0.1, 0.15) is 36.1 Å². The van der Waals surface area contributed by atoms with Gasteiger partial charge in [0.15, 0.2) is 5.96 Å². The third kappa shape index (κ3) is 8.75. The van der Waals surface area contributed by atoms with E-state index in [1.807, 2.05) is 23.7 Å². The third-order valence-corrected chi connectivity index (χ3v) is 4.36. The largest absolute Gasteiger partial charge is 0.467 e. The number of hydrogen-bond acceptors (Lipinski definition) is 5. The van der Waals surface area contributed by atoms with Crippen LogP contribution in [-0.2, 0) is 29.2 Å². The molecule has 2 rings (SSSR count). The molecular formula is C20H34IN5O3. The monoisotopic (exact) mass is 519 g/mol. The van der Waals surface area contributed by atoms with Crippen LogP contribution >= 0.6 is 24.0 Å². The SMILES string of the molecule is CCNC(=NCc1c(C)nn(CCOC)c1C)NCCCOCc1ccco1.I. The topological polar surface area (TPSA) is 85.8 Å². The van der Waals surface area contributed by atoms with Gasteiger partial charge < -0.3 is 24.5 Å². The van der Waals surface area contributed by atoms with E-state index in [1.165, 1.54) is 0 Å². The second-order valence-corrected chi connectivity index (χ2v) is 6.47. The standard InChI is InChI=1S/C20H33N5O3.HI/c1-5-21-20(22-9-7-11-27-15-18-8-6-12-28-18)23-14-19-16(2)24-25(17(19)3)10-13-26-4;/h6,8,12H,5,7,9-11,13-15H2,1-4H3,(H2,21,22,23);1H. The third-order valence-electron chi connectivity index (χ3n) is 4.36. The molecule has 2 aromatic rings. The molecule has 0 amide bonds. The van der Waals surface area contributed by atoms with Gasteiger partial charge in [-0.05, 0) is 39.3 Å². The molecule has 9 heteroatoms. The molecule has 2 aromatic heterocycles. The number of nitrogens with zero attached hydrogens (tertiary/aromatic N) is 3. The lowest BCUT2D eigenvalue weighted by atomic mass is 10.2. The zero-order chi connectivity index (χ0) is 20.2. The highest BCUT2D eigenvalue weighted by atomic mass is 127. The molecule has 0 fully saturated rings. The lowest BCUT2D eigenvalue weighted by molar-refractivity contribution is 0.105. The lowest BCUT2D eigenvalue weighted by Crippen LogP contribution is -2.38. The summed E-state index contributed by atoms with van der Waals surface area (Å²) in [5, 5.41) is 11.2. The van der Waals surface area contributed by atoms with Crippen molar-refractivity contribution in [3.8, 4) is 0 Å². The maximum atomic E-state index is 5.60.